The number of hydrogen-bond donors (Lipinski definition) is 2. The van der Waals surface area contributed by atoms with E-state index in [9.17, 15) is 9.59 Å². The van der Waals surface area contributed by atoms with Gasteiger partial charge in [-0.2, -0.15) is 0 Å². The lowest BCUT2D eigenvalue weighted by molar-refractivity contribution is -0.105. The summed E-state index contributed by atoms with van der Waals surface area (Å²) >= 11 is 7.23. The molecule has 116 valence electrons. The van der Waals surface area contributed by atoms with Crippen LogP contribution in [0.2, 0.25) is 5.02 Å². The number of benzene rings is 1. The molecule has 0 radical (unpaired) electrons. The predicted octanol–water partition coefficient (Wildman–Crippen LogP) is 4.20. The minimum absolute atomic E-state index is 0.279. The lowest BCUT2D eigenvalue weighted by atomic mass is 10.2. The van der Waals surface area contributed by atoms with Crippen LogP contribution in [-0.4, -0.2) is 19.0 Å². The van der Waals surface area contributed by atoms with Crippen molar-refractivity contribution < 1.29 is 14.3 Å². The van der Waals surface area contributed by atoms with Crippen LogP contribution in [0.25, 0.3) is 0 Å². The zero-order valence-electron chi connectivity index (χ0n) is 12.1. The van der Waals surface area contributed by atoms with Crippen LogP contribution < -0.4 is 10.6 Å². The van der Waals surface area contributed by atoms with Gasteiger partial charge in [-0.15, -0.1) is 0 Å². The molecule has 2 N–H and O–H groups in total. The Morgan fingerprint density at radius 1 is 1.41 bits per heavy atom. The van der Waals surface area contributed by atoms with Crippen LogP contribution in [0.5, 0.6) is 0 Å². The third-order valence-corrected chi connectivity index (χ3v) is 4.27. The molecular weight excluding hydrogens is 324 g/mol. The van der Waals surface area contributed by atoms with Crippen molar-refractivity contribution in [2.24, 2.45) is 0 Å². The number of thiophene rings is 1. The van der Waals surface area contributed by atoms with E-state index in [1.54, 1.807) is 32.0 Å². The smallest absolute Gasteiger partial charge is 0.341 e. The molecule has 1 heterocycles. The minimum Gasteiger partial charge on any atom is -0.462 e. The van der Waals surface area contributed by atoms with Gasteiger partial charge in [-0.1, -0.05) is 29.0 Å². The molecule has 0 atom stereocenters. The van der Waals surface area contributed by atoms with Crippen molar-refractivity contribution >= 4 is 51.0 Å². The number of nitrogens with one attached hydrogen (secondary N) is 2. The lowest BCUT2D eigenvalue weighted by Gasteiger charge is -2.08. The van der Waals surface area contributed by atoms with Gasteiger partial charge in [-0.05, 0) is 32.0 Å². The van der Waals surface area contributed by atoms with E-state index < -0.39 is 5.97 Å². The summed E-state index contributed by atoms with van der Waals surface area (Å²) in [7, 11) is 0. The number of rotatable bonds is 6. The highest BCUT2D eigenvalue weighted by Crippen LogP contribution is 2.39. The zero-order chi connectivity index (χ0) is 16.1. The molecule has 0 unspecified atom stereocenters. The normalized spacial score (nSPS) is 10.1. The average molecular weight is 339 g/mol. The Balaban J connectivity index is 2.42. The largest absolute Gasteiger partial charge is 0.462 e. The number of carbonyl (C=O) groups excluding carboxylic acids is 2. The topological polar surface area (TPSA) is 67.4 Å². The van der Waals surface area contributed by atoms with E-state index >= 15 is 0 Å². The maximum Gasteiger partial charge on any atom is 0.341 e. The van der Waals surface area contributed by atoms with Gasteiger partial charge in [0.2, 0.25) is 6.41 Å². The molecular formula is C15H15ClN2O3S. The van der Waals surface area contributed by atoms with Crippen LogP contribution in [0.3, 0.4) is 0 Å². The highest BCUT2D eigenvalue weighted by Gasteiger charge is 2.22. The Morgan fingerprint density at radius 2 is 2.18 bits per heavy atom. The van der Waals surface area contributed by atoms with Crippen molar-refractivity contribution in [2.75, 3.05) is 17.2 Å². The Labute approximate surface area is 137 Å². The SMILES string of the molecule is CCOC(=O)c1c(Nc2cccc(Cl)c2)sc(NC=O)c1C. The predicted molar refractivity (Wildman–Crippen MR) is 89.4 cm³/mol. The molecule has 0 aliphatic rings. The van der Waals surface area contributed by atoms with Gasteiger partial charge in [0.15, 0.2) is 0 Å². The summed E-state index contributed by atoms with van der Waals surface area (Å²) in [5, 5.41) is 7.53. The lowest BCUT2D eigenvalue weighted by Crippen LogP contribution is -2.07. The molecule has 22 heavy (non-hydrogen) atoms. The van der Waals surface area contributed by atoms with Gasteiger partial charge in [0.25, 0.3) is 0 Å². The number of halogens is 1. The van der Waals surface area contributed by atoms with Crippen LogP contribution in [0.15, 0.2) is 24.3 Å². The fourth-order valence-electron chi connectivity index (χ4n) is 1.94. The molecule has 7 heteroatoms. The van der Waals surface area contributed by atoms with Crippen molar-refractivity contribution in [3.05, 3.63) is 40.4 Å². The van der Waals surface area contributed by atoms with Crippen molar-refractivity contribution in [3.63, 3.8) is 0 Å². The van der Waals surface area contributed by atoms with E-state index in [1.807, 2.05) is 6.07 Å². The van der Waals surface area contributed by atoms with Gasteiger partial charge in [-0.3, -0.25) is 4.79 Å². The van der Waals surface area contributed by atoms with E-state index in [1.165, 1.54) is 11.3 Å². The van der Waals surface area contributed by atoms with Crippen molar-refractivity contribution in [1.29, 1.82) is 0 Å². The first kappa shape index (κ1) is 16.3. The number of carbonyl (C=O) groups is 2. The van der Waals surface area contributed by atoms with Gasteiger partial charge < -0.3 is 15.4 Å². The second kappa shape index (κ2) is 7.29. The molecule has 2 aromatic rings. The summed E-state index contributed by atoms with van der Waals surface area (Å²) in [5.41, 5.74) is 1.83. The fraction of sp³-hybridized carbons (Fsp3) is 0.200. The maximum absolute atomic E-state index is 12.2. The number of amides is 1. The van der Waals surface area contributed by atoms with E-state index in [2.05, 4.69) is 10.6 Å². The first-order chi connectivity index (χ1) is 10.6. The molecule has 0 aliphatic carbocycles. The molecule has 1 aromatic heterocycles. The number of esters is 1. The zero-order valence-corrected chi connectivity index (χ0v) is 13.7. The first-order valence-electron chi connectivity index (χ1n) is 6.60. The first-order valence-corrected chi connectivity index (χ1v) is 7.79. The summed E-state index contributed by atoms with van der Waals surface area (Å²) in [5.74, 6) is -0.431. The fourth-order valence-corrected chi connectivity index (χ4v) is 3.20. The average Bonchev–Trinajstić information content (AvgIpc) is 2.76. The summed E-state index contributed by atoms with van der Waals surface area (Å²) < 4.78 is 5.09. The third kappa shape index (κ3) is 3.58. The second-order valence-electron chi connectivity index (χ2n) is 4.38. The number of anilines is 3. The van der Waals surface area contributed by atoms with Gasteiger partial charge >= 0.3 is 5.97 Å². The molecule has 0 saturated carbocycles. The Bertz CT molecular complexity index is 700. The summed E-state index contributed by atoms with van der Waals surface area (Å²) in [6.07, 6.45) is 0.580. The molecule has 5 nitrogen and oxygen atoms in total. The summed E-state index contributed by atoms with van der Waals surface area (Å²) in [6.45, 7) is 3.78. The van der Waals surface area contributed by atoms with Gasteiger partial charge in [-0.25, -0.2) is 4.79 Å². The third-order valence-electron chi connectivity index (χ3n) is 2.90. The minimum atomic E-state index is -0.431. The highest BCUT2D eigenvalue weighted by molar-refractivity contribution is 7.20. The van der Waals surface area contributed by atoms with Crippen LogP contribution in [0, 0.1) is 6.92 Å². The standard InChI is InChI=1S/C15H15ClN2O3S/c1-3-21-15(20)12-9(2)13(17-8-19)22-14(12)18-11-6-4-5-10(16)7-11/h4-8,18H,3H2,1-2H3,(H,17,19). The van der Waals surface area contributed by atoms with Crippen molar-refractivity contribution in [1.82, 2.24) is 0 Å². The maximum atomic E-state index is 12.2. The second-order valence-corrected chi connectivity index (χ2v) is 5.84. The number of ether oxygens (including phenoxy) is 1. The molecule has 0 saturated heterocycles. The molecule has 0 aliphatic heterocycles. The van der Waals surface area contributed by atoms with Gasteiger partial charge in [0, 0.05) is 16.3 Å². The van der Waals surface area contributed by atoms with E-state index in [4.69, 9.17) is 16.3 Å². The van der Waals surface area contributed by atoms with Crippen molar-refractivity contribution in [2.45, 2.75) is 13.8 Å². The van der Waals surface area contributed by atoms with E-state index in [0.717, 1.165) is 5.69 Å². The monoisotopic (exact) mass is 338 g/mol. The van der Waals surface area contributed by atoms with E-state index in [0.29, 0.717) is 32.6 Å². The molecule has 2 rings (SSSR count). The Hall–Kier alpha value is -2.05. The molecule has 0 bridgehead atoms. The van der Waals surface area contributed by atoms with Gasteiger partial charge in [0.05, 0.1) is 12.2 Å². The highest BCUT2D eigenvalue weighted by atomic mass is 35.5. The van der Waals surface area contributed by atoms with Crippen LogP contribution in [0.1, 0.15) is 22.8 Å². The van der Waals surface area contributed by atoms with Crippen LogP contribution >= 0.6 is 22.9 Å². The van der Waals surface area contributed by atoms with Gasteiger partial charge in [0.1, 0.15) is 10.0 Å². The Kier molecular flexibility index (Phi) is 5.41. The van der Waals surface area contributed by atoms with Crippen molar-refractivity contribution in [3.8, 4) is 0 Å². The summed E-state index contributed by atoms with van der Waals surface area (Å²) in [4.78, 5) is 22.9. The molecule has 1 aromatic carbocycles. The number of hydrogen-bond acceptors (Lipinski definition) is 5. The molecule has 0 spiro atoms. The quantitative estimate of drug-likeness (QED) is 0.612. The van der Waals surface area contributed by atoms with Crippen LogP contribution in [-0.2, 0) is 9.53 Å². The molecule has 1 amide bonds. The van der Waals surface area contributed by atoms with E-state index in [-0.39, 0.29) is 6.61 Å². The summed E-state index contributed by atoms with van der Waals surface area (Å²) in [6, 6.07) is 7.15. The Morgan fingerprint density at radius 3 is 2.82 bits per heavy atom. The molecule has 0 fully saturated rings. The van der Waals surface area contributed by atoms with Crippen LogP contribution in [0.4, 0.5) is 15.7 Å².